The highest BCUT2D eigenvalue weighted by molar-refractivity contribution is 9.11. The fourth-order valence-electron chi connectivity index (χ4n) is 1.90. The van der Waals surface area contributed by atoms with E-state index >= 15 is 0 Å². The molecule has 6 heteroatoms. The van der Waals surface area contributed by atoms with Gasteiger partial charge >= 0.3 is 5.97 Å². The molecule has 1 aromatic carbocycles. The van der Waals surface area contributed by atoms with Crippen LogP contribution in [0.5, 0.6) is 0 Å². The Morgan fingerprint density at radius 2 is 1.94 bits per heavy atom. The molecule has 2 N–H and O–H groups in total. The maximum atomic E-state index is 12.1. The van der Waals surface area contributed by atoms with E-state index in [1.807, 2.05) is 0 Å². The quantitative estimate of drug-likeness (QED) is 0.794. The molecule has 1 fully saturated rings. The van der Waals surface area contributed by atoms with Gasteiger partial charge in [0.1, 0.15) is 5.41 Å². The number of rotatable bonds is 3. The molecule has 0 bridgehead atoms. The molecule has 0 spiro atoms. The van der Waals surface area contributed by atoms with Crippen molar-refractivity contribution in [2.75, 3.05) is 5.32 Å². The van der Waals surface area contributed by atoms with E-state index in [9.17, 15) is 9.59 Å². The molecule has 0 radical (unpaired) electrons. The highest BCUT2D eigenvalue weighted by Gasteiger charge is 2.51. The Balaban J connectivity index is 2.19. The van der Waals surface area contributed by atoms with Gasteiger partial charge in [0.2, 0.25) is 5.91 Å². The summed E-state index contributed by atoms with van der Waals surface area (Å²) in [4.78, 5) is 23.3. The summed E-state index contributed by atoms with van der Waals surface area (Å²) in [5.41, 5.74) is -0.664. The van der Waals surface area contributed by atoms with Crippen LogP contribution in [0.3, 0.4) is 0 Å². The smallest absolute Gasteiger partial charge is 0.319 e. The molecule has 0 heterocycles. The van der Waals surface area contributed by atoms with E-state index in [1.54, 1.807) is 18.2 Å². The molecule has 96 valence electrons. The first-order valence-electron chi connectivity index (χ1n) is 5.45. The standard InChI is InChI=1S/C12H11Br2NO3/c13-7-2-3-9(8(14)6-7)15-10(16)12(11(17)18)4-1-5-12/h2-3,6H,1,4-5H2,(H,15,16)(H,17,18). The minimum absolute atomic E-state index is 0.405. The molecule has 0 unspecified atom stereocenters. The van der Waals surface area contributed by atoms with Gasteiger partial charge in [-0.1, -0.05) is 22.4 Å². The largest absolute Gasteiger partial charge is 0.480 e. The van der Waals surface area contributed by atoms with E-state index < -0.39 is 17.3 Å². The SMILES string of the molecule is O=C(O)C1(C(=O)Nc2ccc(Br)cc2Br)CCC1. The van der Waals surface area contributed by atoms with Crippen molar-refractivity contribution < 1.29 is 14.7 Å². The molecule has 0 aliphatic heterocycles. The number of nitrogens with one attached hydrogen (secondary N) is 1. The molecule has 1 aliphatic rings. The van der Waals surface area contributed by atoms with Crippen molar-refractivity contribution in [3.05, 3.63) is 27.1 Å². The van der Waals surface area contributed by atoms with Gasteiger partial charge in [-0.15, -0.1) is 0 Å². The van der Waals surface area contributed by atoms with E-state index in [0.29, 0.717) is 23.0 Å². The van der Waals surface area contributed by atoms with Gasteiger partial charge in [-0.2, -0.15) is 0 Å². The second kappa shape index (κ2) is 5.01. The Bertz CT molecular complexity index is 512. The summed E-state index contributed by atoms with van der Waals surface area (Å²) in [6.07, 6.45) is 1.59. The molecule has 0 atom stereocenters. The molecule has 0 saturated heterocycles. The summed E-state index contributed by atoms with van der Waals surface area (Å²) in [6, 6.07) is 5.30. The first kappa shape index (κ1) is 13.5. The molecule has 1 saturated carbocycles. The van der Waals surface area contributed by atoms with Gasteiger partial charge in [0, 0.05) is 8.95 Å². The topological polar surface area (TPSA) is 66.4 Å². The Hall–Kier alpha value is -0.880. The van der Waals surface area contributed by atoms with Crippen molar-refractivity contribution in [3.8, 4) is 0 Å². The van der Waals surface area contributed by atoms with Crippen LogP contribution in [-0.2, 0) is 9.59 Å². The molecule has 0 aromatic heterocycles. The lowest BCUT2D eigenvalue weighted by Gasteiger charge is -2.35. The average molecular weight is 377 g/mol. The van der Waals surface area contributed by atoms with Gasteiger partial charge in [0.25, 0.3) is 0 Å². The summed E-state index contributed by atoms with van der Waals surface area (Å²) in [5, 5.41) is 11.8. The fourth-order valence-corrected chi connectivity index (χ4v) is 3.05. The summed E-state index contributed by atoms with van der Waals surface area (Å²) >= 11 is 6.64. The second-order valence-electron chi connectivity index (χ2n) is 4.32. The van der Waals surface area contributed by atoms with Crippen LogP contribution in [0.2, 0.25) is 0 Å². The average Bonchev–Trinajstić information content (AvgIpc) is 2.19. The first-order chi connectivity index (χ1) is 8.45. The minimum Gasteiger partial charge on any atom is -0.480 e. The van der Waals surface area contributed by atoms with Crippen LogP contribution in [-0.4, -0.2) is 17.0 Å². The molecule has 1 amide bonds. The Morgan fingerprint density at radius 1 is 1.28 bits per heavy atom. The van der Waals surface area contributed by atoms with E-state index in [-0.39, 0.29) is 0 Å². The summed E-state index contributed by atoms with van der Waals surface area (Å²) in [5.74, 6) is -1.48. The van der Waals surface area contributed by atoms with Crippen molar-refractivity contribution in [2.45, 2.75) is 19.3 Å². The minimum atomic E-state index is -1.24. The molecule has 2 rings (SSSR count). The van der Waals surface area contributed by atoms with Crippen molar-refractivity contribution in [1.82, 2.24) is 0 Å². The number of carboxylic acids is 1. The van der Waals surface area contributed by atoms with Gasteiger partial charge in [-0.3, -0.25) is 9.59 Å². The van der Waals surface area contributed by atoms with E-state index in [4.69, 9.17) is 5.11 Å². The van der Waals surface area contributed by atoms with Gasteiger partial charge < -0.3 is 10.4 Å². The monoisotopic (exact) mass is 375 g/mol. The van der Waals surface area contributed by atoms with Crippen LogP contribution in [0.25, 0.3) is 0 Å². The third-order valence-electron chi connectivity index (χ3n) is 3.23. The fraction of sp³-hybridized carbons (Fsp3) is 0.333. The summed E-state index contributed by atoms with van der Waals surface area (Å²) in [6.45, 7) is 0. The van der Waals surface area contributed by atoms with Gasteiger partial charge in [0.05, 0.1) is 5.69 Å². The third-order valence-corrected chi connectivity index (χ3v) is 4.38. The molecular formula is C12H11Br2NO3. The lowest BCUT2D eigenvalue weighted by Crippen LogP contribution is -2.48. The molecule has 4 nitrogen and oxygen atoms in total. The third kappa shape index (κ3) is 2.31. The number of carboxylic acid groups (broad SMARTS) is 1. The van der Waals surface area contributed by atoms with Crippen molar-refractivity contribution >= 4 is 49.4 Å². The van der Waals surface area contributed by atoms with E-state index in [2.05, 4.69) is 37.2 Å². The number of amides is 1. The lowest BCUT2D eigenvalue weighted by molar-refractivity contribution is -0.159. The Kier molecular flexibility index (Phi) is 3.77. The maximum Gasteiger partial charge on any atom is 0.319 e. The predicted molar refractivity (Wildman–Crippen MR) is 74.4 cm³/mol. The van der Waals surface area contributed by atoms with Crippen LogP contribution >= 0.6 is 31.9 Å². The number of halogens is 2. The van der Waals surface area contributed by atoms with E-state index in [1.165, 1.54) is 0 Å². The lowest BCUT2D eigenvalue weighted by atomic mass is 9.68. The Labute approximate surface area is 121 Å². The van der Waals surface area contributed by atoms with Gasteiger partial charge in [0.15, 0.2) is 0 Å². The van der Waals surface area contributed by atoms with Crippen LogP contribution < -0.4 is 5.32 Å². The van der Waals surface area contributed by atoms with Crippen LogP contribution in [0.15, 0.2) is 27.1 Å². The number of hydrogen-bond acceptors (Lipinski definition) is 2. The molecule has 18 heavy (non-hydrogen) atoms. The number of anilines is 1. The number of benzene rings is 1. The molecule has 1 aliphatic carbocycles. The highest BCUT2D eigenvalue weighted by Crippen LogP contribution is 2.42. The zero-order chi connectivity index (χ0) is 13.3. The maximum absolute atomic E-state index is 12.1. The normalized spacial score (nSPS) is 16.8. The first-order valence-corrected chi connectivity index (χ1v) is 7.04. The van der Waals surface area contributed by atoms with Gasteiger partial charge in [-0.05, 0) is 47.0 Å². The predicted octanol–water partition coefficient (Wildman–Crippen LogP) is 3.41. The summed E-state index contributed by atoms with van der Waals surface area (Å²) in [7, 11) is 0. The summed E-state index contributed by atoms with van der Waals surface area (Å²) < 4.78 is 1.59. The van der Waals surface area contributed by atoms with Crippen molar-refractivity contribution in [3.63, 3.8) is 0 Å². The second-order valence-corrected chi connectivity index (χ2v) is 6.09. The van der Waals surface area contributed by atoms with Crippen LogP contribution in [0.1, 0.15) is 19.3 Å². The number of aliphatic carboxylic acids is 1. The zero-order valence-corrected chi connectivity index (χ0v) is 12.5. The van der Waals surface area contributed by atoms with Crippen molar-refractivity contribution in [2.24, 2.45) is 5.41 Å². The van der Waals surface area contributed by atoms with Crippen LogP contribution in [0.4, 0.5) is 5.69 Å². The van der Waals surface area contributed by atoms with Crippen molar-refractivity contribution in [1.29, 1.82) is 0 Å². The van der Waals surface area contributed by atoms with E-state index in [0.717, 1.165) is 10.9 Å². The number of carbonyl (C=O) groups is 2. The van der Waals surface area contributed by atoms with Crippen LogP contribution in [0, 0.1) is 5.41 Å². The zero-order valence-electron chi connectivity index (χ0n) is 9.37. The highest BCUT2D eigenvalue weighted by atomic mass is 79.9. The molecular weight excluding hydrogens is 366 g/mol. The number of carbonyl (C=O) groups excluding carboxylic acids is 1. The van der Waals surface area contributed by atoms with Gasteiger partial charge in [-0.25, -0.2) is 0 Å². The Morgan fingerprint density at radius 3 is 2.39 bits per heavy atom. The number of hydrogen-bond donors (Lipinski definition) is 2. The molecule has 1 aromatic rings.